The van der Waals surface area contributed by atoms with E-state index < -0.39 is 17.8 Å². The number of nitrogens with one attached hydrogen (secondary N) is 1. The number of aliphatic hydroxyl groups is 1. The topological polar surface area (TPSA) is 93.8 Å². The standard InChI is InChI=1S/C8H18N2O4/c1-8(2,3)14-7(12)10-13-5-6(11)4-9/h6,11H,4-5,9H2,1-3H3,(H,10,12). The summed E-state index contributed by atoms with van der Waals surface area (Å²) in [5.74, 6) is 0. The molecule has 0 rings (SSSR count). The van der Waals surface area contributed by atoms with Gasteiger partial charge in [0.2, 0.25) is 0 Å². The Kier molecular flexibility index (Phi) is 5.44. The molecule has 1 unspecified atom stereocenters. The van der Waals surface area contributed by atoms with E-state index in [0.717, 1.165) is 0 Å². The Hall–Kier alpha value is -0.850. The maximum atomic E-state index is 11.0. The molecule has 0 fully saturated rings. The zero-order valence-electron chi connectivity index (χ0n) is 8.74. The van der Waals surface area contributed by atoms with Crippen molar-refractivity contribution < 1.29 is 19.5 Å². The van der Waals surface area contributed by atoms with Crippen LogP contribution in [0.2, 0.25) is 0 Å². The number of carbonyl (C=O) groups is 1. The minimum Gasteiger partial charge on any atom is -0.442 e. The van der Waals surface area contributed by atoms with Gasteiger partial charge in [-0.05, 0) is 20.8 Å². The second kappa shape index (κ2) is 5.79. The lowest BCUT2D eigenvalue weighted by Gasteiger charge is -2.19. The van der Waals surface area contributed by atoms with E-state index in [9.17, 15) is 4.79 Å². The lowest BCUT2D eigenvalue weighted by molar-refractivity contribution is -0.0336. The Morgan fingerprint density at radius 3 is 2.57 bits per heavy atom. The summed E-state index contributed by atoms with van der Waals surface area (Å²) >= 11 is 0. The van der Waals surface area contributed by atoms with Crippen LogP contribution in [-0.4, -0.2) is 36.1 Å². The molecule has 1 amide bonds. The molecule has 0 aliphatic rings. The summed E-state index contributed by atoms with van der Waals surface area (Å²) in [7, 11) is 0. The van der Waals surface area contributed by atoms with Crippen molar-refractivity contribution in [3.8, 4) is 0 Å². The molecule has 0 saturated carbocycles. The van der Waals surface area contributed by atoms with Crippen LogP contribution < -0.4 is 11.2 Å². The van der Waals surface area contributed by atoms with Gasteiger partial charge in [-0.25, -0.2) is 4.79 Å². The van der Waals surface area contributed by atoms with Crippen molar-refractivity contribution in [2.45, 2.75) is 32.5 Å². The number of ether oxygens (including phenoxy) is 1. The third-order valence-corrected chi connectivity index (χ3v) is 1.10. The lowest BCUT2D eigenvalue weighted by atomic mass is 10.2. The summed E-state index contributed by atoms with van der Waals surface area (Å²) in [6.45, 7) is 5.23. The van der Waals surface area contributed by atoms with E-state index in [1.165, 1.54) is 0 Å². The van der Waals surface area contributed by atoms with Gasteiger partial charge in [0.15, 0.2) is 0 Å². The number of hydrogen-bond acceptors (Lipinski definition) is 5. The monoisotopic (exact) mass is 206 g/mol. The first kappa shape index (κ1) is 13.2. The summed E-state index contributed by atoms with van der Waals surface area (Å²) in [6.07, 6.45) is -1.48. The molecule has 6 heteroatoms. The Morgan fingerprint density at radius 2 is 2.14 bits per heavy atom. The molecule has 0 aromatic rings. The average Bonchev–Trinajstić information content (AvgIpc) is 2.00. The van der Waals surface area contributed by atoms with Gasteiger partial charge < -0.3 is 15.6 Å². The molecule has 0 heterocycles. The molecule has 0 aromatic heterocycles. The Balaban J connectivity index is 3.55. The fourth-order valence-electron chi connectivity index (χ4n) is 0.564. The minimum absolute atomic E-state index is 0.0598. The molecule has 84 valence electrons. The number of hydrogen-bond donors (Lipinski definition) is 3. The average molecular weight is 206 g/mol. The van der Waals surface area contributed by atoms with Crippen LogP contribution in [-0.2, 0) is 9.57 Å². The molecule has 4 N–H and O–H groups in total. The summed E-state index contributed by atoms with van der Waals surface area (Å²) in [5.41, 5.74) is 6.57. The van der Waals surface area contributed by atoms with Crippen molar-refractivity contribution >= 4 is 6.09 Å². The van der Waals surface area contributed by atoms with Crippen molar-refractivity contribution in [2.24, 2.45) is 5.73 Å². The van der Waals surface area contributed by atoms with E-state index in [0.29, 0.717) is 0 Å². The van der Waals surface area contributed by atoms with E-state index in [1.54, 1.807) is 20.8 Å². The van der Waals surface area contributed by atoms with Crippen LogP contribution in [0.1, 0.15) is 20.8 Å². The van der Waals surface area contributed by atoms with Crippen molar-refractivity contribution in [3.63, 3.8) is 0 Å². The molecule has 0 aromatic carbocycles. The number of rotatable bonds is 4. The van der Waals surface area contributed by atoms with Gasteiger partial charge >= 0.3 is 6.09 Å². The highest BCUT2D eigenvalue weighted by Gasteiger charge is 2.16. The number of aliphatic hydroxyl groups excluding tert-OH is 1. The SMILES string of the molecule is CC(C)(C)OC(=O)NOCC(O)CN. The van der Waals surface area contributed by atoms with E-state index in [2.05, 4.69) is 4.84 Å². The van der Waals surface area contributed by atoms with Crippen LogP contribution >= 0.6 is 0 Å². The second-order valence-corrected chi connectivity index (χ2v) is 3.80. The van der Waals surface area contributed by atoms with Gasteiger partial charge in [-0.15, -0.1) is 0 Å². The van der Waals surface area contributed by atoms with Crippen molar-refractivity contribution in [1.82, 2.24) is 5.48 Å². The van der Waals surface area contributed by atoms with Crippen molar-refractivity contribution in [2.75, 3.05) is 13.2 Å². The zero-order valence-corrected chi connectivity index (χ0v) is 8.74. The number of amides is 1. The molecule has 0 saturated heterocycles. The van der Waals surface area contributed by atoms with Gasteiger partial charge in [0.05, 0.1) is 6.10 Å². The van der Waals surface area contributed by atoms with Crippen molar-refractivity contribution in [3.05, 3.63) is 0 Å². The number of hydroxylamine groups is 1. The fraction of sp³-hybridized carbons (Fsp3) is 0.875. The molecular formula is C8H18N2O4. The first-order chi connectivity index (χ1) is 6.35. The quantitative estimate of drug-likeness (QED) is 0.552. The fourth-order valence-corrected chi connectivity index (χ4v) is 0.564. The predicted molar refractivity (Wildman–Crippen MR) is 50.4 cm³/mol. The number of carbonyl (C=O) groups excluding carboxylic acids is 1. The summed E-state index contributed by atoms with van der Waals surface area (Å²) in [6, 6.07) is 0. The van der Waals surface area contributed by atoms with E-state index in [1.807, 2.05) is 5.48 Å². The van der Waals surface area contributed by atoms with Crippen LogP contribution in [0.15, 0.2) is 0 Å². The van der Waals surface area contributed by atoms with Crippen LogP contribution in [0.25, 0.3) is 0 Å². The van der Waals surface area contributed by atoms with E-state index >= 15 is 0 Å². The van der Waals surface area contributed by atoms with Gasteiger partial charge in [0.25, 0.3) is 0 Å². The van der Waals surface area contributed by atoms with Crippen LogP contribution in [0.5, 0.6) is 0 Å². The van der Waals surface area contributed by atoms with Crippen molar-refractivity contribution in [1.29, 1.82) is 0 Å². The number of nitrogens with two attached hydrogens (primary N) is 1. The molecule has 1 atom stereocenters. The summed E-state index contributed by atoms with van der Waals surface area (Å²) in [5, 5.41) is 8.96. The lowest BCUT2D eigenvalue weighted by Crippen LogP contribution is -2.35. The Labute approximate surface area is 83.3 Å². The smallest absolute Gasteiger partial charge is 0.431 e. The van der Waals surface area contributed by atoms with Gasteiger partial charge in [0, 0.05) is 6.54 Å². The summed E-state index contributed by atoms with van der Waals surface area (Å²) in [4.78, 5) is 15.6. The zero-order chi connectivity index (χ0) is 11.2. The first-order valence-electron chi connectivity index (χ1n) is 4.34. The Morgan fingerprint density at radius 1 is 1.57 bits per heavy atom. The van der Waals surface area contributed by atoms with Gasteiger partial charge in [-0.1, -0.05) is 0 Å². The maximum absolute atomic E-state index is 11.0. The predicted octanol–water partition coefficient (Wildman–Crippen LogP) is -0.238. The maximum Gasteiger partial charge on any atom is 0.431 e. The van der Waals surface area contributed by atoms with Crippen LogP contribution in [0.4, 0.5) is 4.79 Å². The summed E-state index contributed by atoms with van der Waals surface area (Å²) < 4.78 is 4.87. The van der Waals surface area contributed by atoms with E-state index in [4.69, 9.17) is 15.6 Å². The Bertz CT molecular complexity index is 179. The highest BCUT2D eigenvalue weighted by Crippen LogP contribution is 2.06. The van der Waals surface area contributed by atoms with Gasteiger partial charge in [0.1, 0.15) is 12.2 Å². The third kappa shape index (κ3) is 7.78. The second-order valence-electron chi connectivity index (χ2n) is 3.80. The largest absolute Gasteiger partial charge is 0.442 e. The highest BCUT2D eigenvalue weighted by molar-refractivity contribution is 5.66. The molecule has 14 heavy (non-hydrogen) atoms. The molecule has 6 nitrogen and oxygen atoms in total. The molecule has 0 spiro atoms. The van der Waals surface area contributed by atoms with E-state index in [-0.39, 0.29) is 13.2 Å². The molecule has 0 radical (unpaired) electrons. The third-order valence-electron chi connectivity index (χ3n) is 1.10. The van der Waals surface area contributed by atoms with Crippen LogP contribution in [0, 0.1) is 0 Å². The molecule has 0 aliphatic carbocycles. The van der Waals surface area contributed by atoms with Gasteiger partial charge in [-0.3, -0.25) is 4.84 Å². The molecule has 0 bridgehead atoms. The highest BCUT2D eigenvalue weighted by atomic mass is 16.7. The van der Waals surface area contributed by atoms with Crippen LogP contribution in [0.3, 0.4) is 0 Å². The first-order valence-corrected chi connectivity index (χ1v) is 4.34. The minimum atomic E-state index is -0.787. The molecule has 0 aliphatic heterocycles. The molecular weight excluding hydrogens is 188 g/mol. The normalized spacial score (nSPS) is 13.5. The van der Waals surface area contributed by atoms with Gasteiger partial charge in [-0.2, -0.15) is 5.48 Å².